The molecule has 0 aliphatic carbocycles. The minimum Gasteiger partial charge on any atom is -0.469 e. The zero-order chi connectivity index (χ0) is 17.3. The Kier molecular flexibility index (Phi) is 3.97. The Balaban J connectivity index is 1.97. The molecule has 0 saturated carbocycles. The molecule has 2 aromatic rings. The quantitative estimate of drug-likeness (QED) is 0.690. The van der Waals surface area contributed by atoms with E-state index in [0.717, 1.165) is 21.2 Å². The van der Waals surface area contributed by atoms with Gasteiger partial charge in [-0.2, -0.15) is 0 Å². The molecule has 6 nitrogen and oxygen atoms in total. The van der Waals surface area contributed by atoms with Crippen LogP contribution in [0, 0.1) is 0 Å². The maximum absolute atomic E-state index is 12.9. The SMILES string of the molecule is COC(=O)CCN1C(=O)N[C@@](C)(c2cccc3ccccc23)C1=O. The lowest BCUT2D eigenvalue weighted by Gasteiger charge is -2.24. The number of carbonyl (C=O) groups excluding carboxylic acids is 3. The van der Waals surface area contributed by atoms with Gasteiger partial charge in [-0.3, -0.25) is 14.5 Å². The number of ether oxygens (including phenoxy) is 1. The van der Waals surface area contributed by atoms with Crippen LogP contribution in [0.25, 0.3) is 10.8 Å². The number of nitrogens with zero attached hydrogens (tertiary/aromatic N) is 1. The lowest BCUT2D eigenvalue weighted by atomic mass is 9.88. The summed E-state index contributed by atoms with van der Waals surface area (Å²) in [5.41, 5.74) is -0.423. The van der Waals surface area contributed by atoms with Gasteiger partial charge >= 0.3 is 12.0 Å². The molecular formula is C18H18N2O4. The van der Waals surface area contributed by atoms with Crippen LogP contribution in [-0.2, 0) is 19.9 Å². The van der Waals surface area contributed by atoms with Crippen molar-refractivity contribution >= 4 is 28.7 Å². The minimum atomic E-state index is -1.16. The molecule has 3 rings (SSSR count). The van der Waals surface area contributed by atoms with Crippen LogP contribution in [0.15, 0.2) is 42.5 Å². The van der Waals surface area contributed by atoms with Crippen molar-refractivity contribution in [2.24, 2.45) is 0 Å². The highest BCUT2D eigenvalue weighted by atomic mass is 16.5. The number of nitrogens with one attached hydrogen (secondary N) is 1. The predicted molar refractivity (Wildman–Crippen MR) is 88.2 cm³/mol. The monoisotopic (exact) mass is 326 g/mol. The van der Waals surface area contributed by atoms with E-state index in [-0.39, 0.29) is 18.9 Å². The van der Waals surface area contributed by atoms with Gasteiger partial charge in [-0.25, -0.2) is 4.79 Å². The highest BCUT2D eigenvalue weighted by Gasteiger charge is 2.49. The third-order valence-electron chi connectivity index (χ3n) is 4.37. The van der Waals surface area contributed by atoms with E-state index in [0.29, 0.717) is 0 Å². The lowest BCUT2D eigenvalue weighted by molar-refractivity contribution is -0.141. The van der Waals surface area contributed by atoms with Gasteiger partial charge in [-0.1, -0.05) is 42.5 Å². The summed E-state index contributed by atoms with van der Waals surface area (Å²) >= 11 is 0. The molecule has 1 aliphatic rings. The second-order valence-electron chi connectivity index (χ2n) is 5.86. The summed E-state index contributed by atoms with van der Waals surface area (Å²) in [5, 5.41) is 4.67. The first-order valence-corrected chi connectivity index (χ1v) is 7.66. The van der Waals surface area contributed by atoms with Crippen LogP contribution in [0.2, 0.25) is 0 Å². The smallest absolute Gasteiger partial charge is 0.325 e. The third kappa shape index (κ3) is 2.50. The molecule has 124 valence electrons. The largest absolute Gasteiger partial charge is 0.469 e. The van der Waals surface area contributed by atoms with Crippen LogP contribution >= 0.6 is 0 Å². The lowest BCUT2D eigenvalue weighted by Crippen LogP contribution is -2.41. The van der Waals surface area contributed by atoms with E-state index < -0.39 is 17.5 Å². The number of esters is 1. The van der Waals surface area contributed by atoms with Gasteiger partial charge in [0.1, 0.15) is 5.54 Å². The highest BCUT2D eigenvalue weighted by Crippen LogP contribution is 2.33. The molecule has 0 unspecified atom stereocenters. The number of carbonyl (C=O) groups is 3. The number of urea groups is 1. The number of rotatable bonds is 4. The molecule has 0 bridgehead atoms. The number of amides is 3. The molecular weight excluding hydrogens is 308 g/mol. The first-order valence-electron chi connectivity index (χ1n) is 7.66. The van der Waals surface area contributed by atoms with Crippen LogP contribution in [0.3, 0.4) is 0 Å². The molecule has 1 saturated heterocycles. The van der Waals surface area contributed by atoms with Gasteiger partial charge in [0.15, 0.2) is 0 Å². The van der Waals surface area contributed by atoms with Crippen LogP contribution in [0.1, 0.15) is 18.9 Å². The van der Waals surface area contributed by atoms with Crippen molar-refractivity contribution in [2.75, 3.05) is 13.7 Å². The Morgan fingerprint density at radius 3 is 2.62 bits per heavy atom. The maximum Gasteiger partial charge on any atom is 0.325 e. The van der Waals surface area contributed by atoms with Gasteiger partial charge < -0.3 is 10.1 Å². The van der Waals surface area contributed by atoms with Crippen molar-refractivity contribution in [1.29, 1.82) is 0 Å². The standard InChI is InChI=1S/C18H18N2O4/c1-18(14-9-5-7-12-6-3-4-8-13(12)14)16(22)20(17(23)19-18)11-10-15(21)24-2/h3-9H,10-11H2,1-2H3,(H,19,23)/t18-/m0/s1. The van der Waals surface area contributed by atoms with E-state index >= 15 is 0 Å². The Hall–Kier alpha value is -2.89. The predicted octanol–water partition coefficient (Wildman–Crippen LogP) is 2.17. The molecule has 1 atom stereocenters. The van der Waals surface area contributed by atoms with Crippen LogP contribution in [0.5, 0.6) is 0 Å². The number of hydrogen-bond donors (Lipinski definition) is 1. The second-order valence-corrected chi connectivity index (χ2v) is 5.86. The maximum atomic E-state index is 12.9. The molecule has 1 N–H and O–H groups in total. The molecule has 1 aliphatic heterocycles. The van der Waals surface area contributed by atoms with Gasteiger partial charge in [0, 0.05) is 6.54 Å². The number of imide groups is 1. The van der Waals surface area contributed by atoms with E-state index in [1.165, 1.54) is 7.11 Å². The van der Waals surface area contributed by atoms with Gasteiger partial charge in [0.25, 0.3) is 5.91 Å². The number of methoxy groups -OCH3 is 1. The average molecular weight is 326 g/mol. The molecule has 0 aromatic heterocycles. The Labute approximate surface area is 139 Å². The fourth-order valence-corrected chi connectivity index (χ4v) is 3.05. The summed E-state index contributed by atoms with van der Waals surface area (Å²) in [7, 11) is 1.27. The summed E-state index contributed by atoms with van der Waals surface area (Å²) in [4.78, 5) is 37.5. The van der Waals surface area contributed by atoms with E-state index in [4.69, 9.17) is 0 Å². The van der Waals surface area contributed by atoms with Gasteiger partial charge in [-0.15, -0.1) is 0 Å². The van der Waals surface area contributed by atoms with Crippen LogP contribution in [-0.4, -0.2) is 36.5 Å². The molecule has 1 fully saturated rings. The summed E-state index contributed by atoms with van der Waals surface area (Å²) in [6, 6.07) is 12.9. The van der Waals surface area contributed by atoms with Crippen molar-refractivity contribution in [1.82, 2.24) is 10.2 Å². The number of hydrogen-bond acceptors (Lipinski definition) is 4. The molecule has 1 heterocycles. The first-order chi connectivity index (χ1) is 11.5. The number of fused-ring (bicyclic) bond motifs is 1. The topological polar surface area (TPSA) is 75.7 Å². The average Bonchev–Trinajstić information content (AvgIpc) is 2.82. The fraction of sp³-hybridized carbons (Fsp3) is 0.278. The van der Waals surface area contributed by atoms with Crippen molar-refractivity contribution < 1.29 is 19.1 Å². The van der Waals surface area contributed by atoms with Crippen molar-refractivity contribution in [2.45, 2.75) is 18.9 Å². The molecule has 24 heavy (non-hydrogen) atoms. The Morgan fingerprint density at radius 2 is 1.88 bits per heavy atom. The van der Waals surface area contributed by atoms with E-state index in [1.807, 2.05) is 42.5 Å². The molecule has 0 spiro atoms. The zero-order valence-corrected chi connectivity index (χ0v) is 13.5. The van der Waals surface area contributed by atoms with Crippen LogP contribution in [0.4, 0.5) is 4.79 Å². The van der Waals surface area contributed by atoms with Crippen molar-refractivity contribution in [3.8, 4) is 0 Å². The summed E-state index contributed by atoms with van der Waals surface area (Å²) < 4.78 is 4.57. The first kappa shape index (κ1) is 16.0. The molecule has 6 heteroatoms. The molecule has 3 amide bonds. The van der Waals surface area contributed by atoms with Gasteiger partial charge in [0.05, 0.1) is 13.5 Å². The zero-order valence-electron chi connectivity index (χ0n) is 13.5. The van der Waals surface area contributed by atoms with Crippen molar-refractivity contribution in [3.63, 3.8) is 0 Å². The Bertz CT molecular complexity index is 827. The molecule has 0 radical (unpaired) electrons. The highest BCUT2D eigenvalue weighted by molar-refractivity contribution is 6.09. The van der Waals surface area contributed by atoms with Gasteiger partial charge in [-0.05, 0) is 23.3 Å². The minimum absolute atomic E-state index is 0.00229. The van der Waals surface area contributed by atoms with Crippen molar-refractivity contribution in [3.05, 3.63) is 48.0 Å². The normalized spacial score (nSPS) is 20.3. The summed E-state index contributed by atoms with van der Waals surface area (Å²) in [6.45, 7) is 1.69. The van der Waals surface area contributed by atoms with Crippen LogP contribution < -0.4 is 5.32 Å². The van der Waals surface area contributed by atoms with E-state index in [9.17, 15) is 14.4 Å². The molecule has 2 aromatic carbocycles. The Morgan fingerprint density at radius 1 is 1.17 bits per heavy atom. The van der Waals surface area contributed by atoms with E-state index in [1.54, 1.807) is 6.92 Å². The van der Waals surface area contributed by atoms with E-state index in [2.05, 4.69) is 10.1 Å². The van der Waals surface area contributed by atoms with Gasteiger partial charge in [0.2, 0.25) is 0 Å². The summed E-state index contributed by atoms with van der Waals surface area (Å²) in [5.74, 6) is -0.831. The second kappa shape index (κ2) is 5.96. The summed E-state index contributed by atoms with van der Waals surface area (Å²) in [6.07, 6.45) is -0.0265. The third-order valence-corrected chi connectivity index (χ3v) is 4.37. The fourth-order valence-electron chi connectivity index (χ4n) is 3.05. The number of benzene rings is 2.